The van der Waals surface area contributed by atoms with Gasteiger partial charge in [0, 0.05) is 5.56 Å². The van der Waals surface area contributed by atoms with Gasteiger partial charge in [-0.25, -0.2) is 8.78 Å². The quantitative estimate of drug-likeness (QED) is 0.904. The van der Waals surface area contributed by atoms with Gasteiger partial charge in [0.2, 0.25) is 0 Å². The lowest BCUT2D eigenvalue weighted by atomic mass is 10.0. The zero-order valence-corrected chi connectivity index (χ0v) is 12.9. The molecule has 2 aromatic carbocycles. The van der Waals surface area contributed by atoms with Gasteiger partial charge in [-0.05, 0) is 23.3 Å². The highest BCUT2D eigenvalue weighted by atomic mass is 19.1. The van der Waals surface area contributed by atoms with Crippen LogP contribution in [0.5, 0.6) is 0 Å². The monoisotopic (exact) mass is 338 g/mol. The van der Waals surface area contributed by atoms with Gasteiger partial charge in [0.05, 0.1) is 22.5 Å². The van der Waals surface area contributed by atoms with Crippen molar-refractivity contribution in [1.29, 1.82) is 0 Å². The number of nitrogens with one attached hydrogen (secondary N) is 2. The summed E-state index contributed by atoms with van der Waals surface area (Å²) in [5.74, 6) is -1.65. The molecule has 0 saturated carbocycles. The van der Waals surface area contributed by atoms with E-state index in [1.165, 1.54) is 12.1 Å². The molecule has 2 amide bonds. The van der Waals surface area contributed by atoms with Gasteiger partial charge in [0.15, 0.2) is 0 Å². The Bertz CT molecular complexity index is 978. The van der Waals surface area contributed by atoms with Crippen molar-refractivity contribution >= 4 is 23.2 Å². The van der Waals surface area contributed by atoms with E-state index in [0.29, 0.717) is 11.3 Å². The average Bonchev–Trinajstić information content (AvgIpc) is 3.14. The van der Waals surface area contributed by atoms with Crippen LogP contribution < -0.4 is 10.6 Å². The third kappa shape index (κ3) is 2.34. The lowest BCUT2D eigenvalue weighted by Crippen LogP contribution is -2.21. The molecule has 0 spiro atoms. The van der Waals surface area contributed by atoms with Crippen LogP contribution in [-0.4, -0.2) is 11.8 Å². The lowest BCUT2D eigenvalue weighted by Gasteiger charge is -2.08. The second kappa shape index (κ2) is 5.66. The molecule has 0 aliphatic carbocycles. The molecule has 2 aliphatic rings. The molecular weight excluding hydrogens is 326 g/mol. The Balaban J connectivity index is 1.90. The van der Waals surface area contributed by atoms with Crippen LogP contribution in [0.3, 0.4) is 0 Å². The molecule has 2 heterocycles. The molecule has 6 heteroatoms. The molecule has 0 fully saturated rings. The fourth-order valence-corrected chi connectivity index (χ4v) is 3.05. The molecule has 2 N–H and O–H groups in total. The van der Waals surface area contributed by atoms with Crippen LogP contribution in [0.4, 0.5) is 8.78 Å². The van der Waals surface area contributed by atoms with Crippen molar-refractivity contribution in [3.05, 3.63) is 82.2 Å². The number of rotatable bonds is 3. The minimum Gasteiger partial charge on any atom is -0.321 e. The van der Waals surface area contributed by atoms with Crippen molar-refractivity contribution in [1.82, 2.24) is 10.6 Å². The van der Waals surface area contributed by atoms with Crippen molar-refractivity contribution < 1.29 is 18.4 Å². The molecule has 124 valence electrons. The molecule has 4 rings (SSSR count). The van der Waals surface area contributed by atoms with Crippen LogP contribution >= 0.6 is 0 Å². The number of carbonyl (C=O) groups excluding carboxylic acids is 2. The maximum absolute atomic E-state index is 14.3. The van der Waals surface area contributed by atoms with E-state index in [1.807, 2.05) is 6.07 Å². The summed E-state index contributed by atoms with van der Waals surface area (Å²) < 4.78 is 27.0. The number of hydrogen-bond donors (Lipinski definition) is 2. The highest BCUT2D eigenvalue weighted by Crippen LogP contribution is 2.37. The van der Waals surface area contributed by atoms with Crippen LogP contribution in [0, 0.1) is 5.82 Å². The molecule has 0 unspecified atom stereocenters. The Morgan fingerprint density at radius 2 is 1.48 bits per heavy atom. The van der Waals surface area contributed by atoms with E-state index in [4.69, 9.17) is 0 Å². The summed E-state index contributed by atoms with van der Waals surface area (Å²) in [7, 11) is 0. The van der Waals surface area contributed by atoms with Gasteiger partial charge in [0.25, 0.3) is 11.8 Å². The maximum Gasteiger partial charge on any atom is 0.258 e. The first-order valence-electron chi connectivity index (χ1n) is 7.62. The van der Waals surface area contributed by atoms with E-state index < -0.39 is 24.3 Å². The predicted molar refractivity (Wildman–Crippen MR) is 87.8 cm³/mol. The van der Waals surface area contributed by atoms with Gasteiger partial charge in [-0.1, -0.05) is 36.4 Å². The minimum absolute atomic E-state index is 0.0556. The number of fused-ring (bicyclic) bond motifs is 1. The second-order valence-electron chi connectivity index (χ2n) is 5.72. The topological polar surface area (TPSA) is 58.2 Å². The second-order valence-corrected chi connectivity index (χ2v) is 5.72. The molecule has 0 saturated heterocycles. The Labute approximate surface area is 141 Å². The normalized spacial score (nSPS) is 16.2. The fourth-order valence-electron chi connectivity index (χ4n) is 3.05. The molecule has 0 bridgehead atoms. The fraction of sp³-hybridized carbons (Fsp3) is 0.0526. The zero-order valence-electron chi connectivity index (χ0n) is 12.9. The van der Waals surface area contributed by atoms with Crippen molar-refractivity contribution in [3.63, 3.8) is 0 Å². The summed E-state index contributed by atoms with van der Waals surface area (Å²) >= 11 is 0. The Morgan fingerprint density at radius 1 is 0.840 bits per heavy atom. The van der Waals surface area contributed by atoms with Gasteiger partial charge in [-0.3, -0.25) is 9.59 Å². The minimum atomic E-state index is -0.792. The van der Waals surface area contributed by atoms with Gasteiger partial charge in [-0.2, -0.15) is 0 Å². The molecule has 25 heavy (non-hydrogen) atoms. The Hall–Kier alpha value is -3.28. The Kier molecular flexibility index (Phi) is 3.46. The predicted octanol–water partition coefficient (Wildman–Crippen LogP) is 2.68. The van der Waals surface area contributed by atoms with Crippen molar-refractivity contribution in [2.45, 2.75) is 6.67 Å². The number of benzene rings is 2. The average molecular weight is 338 g/mol. The van der Waals surface area contributed by atoms with E-state index >= 15 is 0 Å². The molecule has 0 aromatic heterocycles. The van der Waals surface area contributed by atoms with Gasteiger partial charge >= 0.3 is 0 Å². The SMILES string of the molecule is O=C1NC(c2ccc(CF)cc2F)=C2C(=O)NC(c3ccccc3)=C12. The van der Waals surface area contributed by atoms with Crippen LogP contribution in [-0.2, 0) is 16.3 Å². The molecule has 0 radical (unpaired) electrons. The summed E-state index contributed by atoms with van der Waals surface area (Å²) in [5.41, 5.74) is 1.73. The standard InChI is InChI=1S/C19H12F2N2O2/c20-9-10-6-7-12(13(21)8-10)17-15-14(18(24)23-17)16(22-19(15)25)11-4-2-1-3-5-11/h1-8H,9H2,(H,22,25)(H,23,24). The number of halogens is 2. The summed E-state index contributed by atoms with van der Waals surface area (Å²) in [5, 5.41) is 5.25. The molecular formula is C19H12F2N2O2. The third-order valence-corrected chi connectivity index (χ3v) is 4.20. The first-order chi connectivity index (χ1) is 12.1. The van der Waals surface area contributed by atoms with Crippen molar-refractivity contribution in [2.24, 2.45) is 0 Å². The van der Waals surface area contributed by atoms with E-state index in [2.05, 4.69) is 10.6 Å². The van der Waals surface area contributed by atoms with E-state index in [0.717, 1.165) is 6.07 Å². The number of carbonyl (C=O) groups is 2. The summed E-state index contributed by atoms with van der Waals surface area (Å²) in [4.78, 5) is 24.8. The van der Waals surface area contributed by atoms with Crippen LogP contribution in [0.1, 0.15) is 16.7 Å². The van der Waals surface area contributed by atoms with Crippen molar-refractivity contribution in [3.8, 4) is 0 Å². The first kappa shape index (κ1) is 15.3. The molecule has 2 aromatic rings. The molecule has 2 aliphatic heterocycles. The molecule has 0 atom stereocenters. The first-order valence-corrected chi connectivity index (χ1v) is 7.62. The number of amides is 2. The van der Waals surface area contributed by atoms with Gasteiger partial charge in [-0.15, -0.1) is 0 Å². The maximum atomic E-state index is 14.3. The van der Waals surface area contributed by atoms with Crippen LogP contribution in [0.15, 0.2) is 59.7 Å². The number of alkyl halides is 1. The van der Waals surface area contributed by atoms with Gasteiger partial charge in [0.1, 0.15) is 12.5 Å². The van der Waals surface area contributed by atoms with Crippen molar-refractivity contribution in [2.75, 3.05) is 0 Å². The van der Waals surface area contributed by atoms with Crippen LogP contribution in [0.2, 0.25) is 0 Å². The largest absolute Gasteiger partial charge is 0.321 e. The highest BCUT2D eigenvalue weighted by Gasteiger charge is 2.41. The summed E-state index contributed by atoms with van der Waals surface area (Å²) in [6, 6.07) is 12.8. The van der Waals surface area contributed by atoms with E-state index in [9.17, 15) is 18.4 Å². The van der Waals surface area contributed by atoms with Gasteiger partial charge < -0.3 is 10.6 Å². The van der Waals surface area contributed by atoms with E-state index in [-0.39, 0.29) is 28.0 Å². The summed E-state index contributed by atoms with van der Waals surface area (Å²) in [6.07, 6.45) is 0. The lowest BCUT2D eigenvalue weighted by molar-refractivity contribution is -0.117. The highest BCUT2D eigenvalue weighted by molar-refractivity contribution is 6.30. The Morgan fingerprint density at radius 3 is 2.12 bits per heavy atom. The van der Waals surface area contributed by atoms with Crippen LogP contribution in [0.25, 0.3) is 11.4 Å². The summed E-state index contributed by atoms with van der Waals surface area (Å²) in [6.45, 7) is -0.792. The number of hydrogen-bond acceptors (Lipinski definition) is 2. The zero-order chi connectivity index (χ0) is 17.6. The molecule has 4 nitrogen and oxygen atoms in total. The van der Waals surface area contributed by atoms with E-state index in [1.54, 1.807) is 24.3 Å². The third-order valence-electron chi connectivity index (χ3n) is 4.20. The smallest absolute Gasteiger partial charge is 0.258 e.